The van der Waals surface area contributed by atoms with Crippen LogP contribution in [0.3, 0.4) is 0 Å². The summed E-state index contributed by atoms with van der Waals surface area (Å²) >= 11 is 0. The van der Waals surface area contributed by atoms with E-state index in [2.05, 4.69) is 0 Å². The van der Waals surface area contributed by atoms with E-state index in [0.29, 0.717) is 24.2 Å². The van der Waals surface area contributed by atoms with Gasteiger partial charge in [-0.05, 0) is 49.7 Å². The van der Waals surface area contributed by atoms with Crippen molar-refractivity contribution < 1.29 is 17.4 Å². The molecule has 5 nitrogen and oxygen atoms in total. The van der Waals surface area contributed by atoms with Crippen LogP contribution in [0.1, 0.15) is 24.2 Å². The van der Waals surface area contributed by atoms with E-state index in [1.54, 1.807) is 17.0 Å². The fraction of sp³-hybridized carbons (Fsp3) is 0.174. The van der Waals surface area contributed by atoms with Crippen molar-refractivity contribution in [2.24, 2.45) is 0 Å². The van der Waals surface area contributed by atoms with E-state index in [1.807, 2.05) is 56.3 Å². The van der Waals surface area contributed by atoms with E-state index in [4.69, 9.17) is 4.18 Å². The summed E-state index contributed by atoms with van der Waals surface area (Å²) in [5.74, 6) is 0.122. The van der Waals surface area contributed by atoms with Gasteiger partial charge >= 0.3 is 10.1 Å². The normalized spacial score (nSPS) is 11.1. The van der Waals surface area contributed by atoms with Gasteiger partial charge in [0, 0.05) is 24.2 Å². The van der Waals surface area contributed by atoms with Gasteiger partial charge in [0.1, 0.15) is 4.90 Å². The Morgan fingerprint density at radius 2 is 1.41 bits per heavy atom. The Labute approximate surface area is 171 Å². The van der Waals surface area contributed by atoms with Crippen LogP contribution in [0.5, 0.6) is 5.75 Å². The van der Waals surface area contributed by atoms with E-state index in [1.165, 1.54) is 24.3 Å². The molecule has 0 bridgehead atoms. The van der Waals surface area contributed by atoms with E-state index in [9.17, 15) is 13.2 Å². The molecule has 0 spiro atoms. The number of carbonyl (C=O) groups excluding carboxylic acids is 1. The van der Waals surface area contributed by atoms with Gasteiger partial charge in [0.15, 0.2) is 5.75 Å². The zero-order chi connectivity index (χ0) is 20.9. The van der Waals surface area contributed by atoms with E-state index >= 15 is 0 Å². The molecule has 0 aliphatic carbocycles. The van der Waals surface area contributed by atoms with Crippen molar-refractivity contribution in [3.05, 3.63) is 84.4 Å². The highest BCUT2D eigenvalue weighted by Crippen LogP contribution is 2.31. The fourth-order valence-corrected chi connectivity index (χ4v) is 3.97. The molecule has 3 aromatic rings. The molecule has 150 valence electrons. The topological polar surface area (TPSA) is 63.7 Å². The Morgan fingerprint density at radius 1 is 0.828 bits per heavy atom. The molecule has 0 fully saturated rings. The molecule has 0 aromatic heterocycles. The number of amides is 1. The van der Waals surface area contributed by atoms with E-state index < -0.39 is 10.1 Å². The van der Waals surface area contributed by atoms with Crippen LogP contribution in [0.25, 0.3) is 11.1 Å². The molecule has 1 amide bonds. The van der Waals surface area contributed by atoms with Gasteiger partial charge in [-0.3, -0.25) is 4.79 Å². The highest BCUT2D eigenvalue weighted by Gasteiger charge is 2.20. The van der Waals surface area contributed by atoms with Crippen LogP contribution in [0.15, 0.2) is 83.8 Å². The van der Waals surface area contributed by atoms with Gasteiger partial charge < -0.3 is 9.08 Å². The molecule has 3 aromatic carbocycles. The fourth-order valence-electron chi connectivity index (χ4n) is 3.02. The Hall–Kier alpha value is -3.12. The first-order valence-corrected chi connectivity index (χ1v) is 10.9. The number of para-hydroxylation sites is 1. The van der Waals surface area contributed by atoms with Crippen molar-refractivity contribution in [2.75, 3.05) is 13.1 Å². The predicted octanol–water partition coefficient (Wildman–Crippen LogP) is 4.60. The van der Waals surface area contributed by atoms with Gasteiger partial charge in [0.25, 0.3) is 5.91 Å². The largest absolute Gasteiger partial charge is 0.378 e. The molecule has 0 aliphatic heterocycles. The van der Waals surface area contributed by atoms with Crippen LogP contribution in [0.2, 0.25) is 0 Å². The lowest BCUT2D eigenvalue weighted by Gasteiger charge is -2.18. The Morgan fingerprint density at radius 3 is 2.03 bits per heavy atom. The Balaban J connectivity index is 1.87. The van der Waals surface area contributed by atoms with Crippen LogP contribution in [0, 0.1) is 0 Å². The maximum absolute atomic E-state index is 12.8. The first-order valence-electron chi connectivity index (χ1n) is 9.44. The maximum atomic E-state index is 12.8. The minimum Gasteiger partial charge on any atom is -0.378 e. The molecule has 0 atom stereocenters. The summed E-state index contributed by atoms with van der Waals surface area (Å²) in [7, 11) is -4.04. The molecule has 0 aliphatic rings. The summed E-state index contributed by atoms with van der Waals surface area (Å²) in [6.45, 7) is 4.99. The third-order valence-corrected chi connectivity index (χ3v) is 5.86. The van der Waals surface area contributed by atoms with Gasteiger partial charge in [-0.15, -0.1) is 0 Å². The zero-order valence-electron chi connectivity index (χ0n) is 16.4. The lowest BCUT2D eigenvalue weighted by atomic mass is 10.1. The smallest absolute Gasteiger partial charge is 0.339 e. The van der Waals surface area contributed by atoms with E-state index in [0.717, 1.165) is 5.56 Å². The molecular formula is C23H23NO4S. The third kappa shape index (κ3) is 4.66. The van der Waals surface area contributed by atoms with Crippen LogP contribution < -0.4 is 4.18 Å². The summed E-state index contributed by atoms with van der Waals surface area (Å²) in [6, 6.07) is 22.3. The van der Waals surface area contributed by atoms with Crippen molar-refractivity contribution in [1.29, 1.82) is 0 Å². The molecule has 0 heterocycles. The molecule has 3 rings (SSSR count). The van der Waals surface area contributed by atoms with Crippen molar-refractivity contribution >= 4 is 16.0 Å². The van der Waals surface area contributed by atoms with Gasteiger partial charge in [-0.2, -0.15) is 8.42 Å². The minimum absolute atomic E-state index is 0.00328. The average Bonchev–Trinajstić information content (AvgIpc) is 2.75. The molecule has 0 saturated carbocycles. The maximum Gasteiger partial charge on any atom is 0.339 e. The van der Waals surface area contributed by atoms with Crippen LogP contribution >= 0.6 is 0 Å². The summed E-state index contributed by atoms with van der Waals surface area (Å²) in [5.41, 5.74) is 1.99. The lowest BCUT2D eigenvalue weighted by molar-refractivity contribution is 0.0773. The number of hydrogen-bond acceptors (Lipinski definition) is 4. The molecule has 6 heteroatoms. The standard InChI is InChI=1S/C23H23NO4S/c1-3-24(4-2)23(25)19-14-16-20(17-15-19)29(26,27)28-22-13-9-8-12-21(22)18-10-6-5-7-11-18/h5-17H,3-4H2,1-2H3. The van der Waals surface area contributed by atoms with Gasteiger partial charge in [0.05, 0.1) is 0 Å². The number of hydrogen-bond donors (Lipinski definition) is 0. The summed E-state index contributed by atoms with van der Waals surface area (Å²) in [5, 5.41) is 0. The van der Waals surface area contributed by atoms with Gasteiger partial charge in [0.2, 0.25) is 0 Å². The lowest BCUT2D eigenvalue weighted by Crippen LogP contribution is -2.30. The monoisotopic (exact) mass is 409 g/mol. The second kappa shape index (κ2) is 8.92. The summed E-state index contributed by atoms with van der Waals surface area (Å²) < 4.78 is 31.0. The van der Waals surface area contributed by atoms with Crippen molar-refractivity contribution in [3.8, 4) is 16.9 Å². The number of benzene rings is 3. The molecule has 0 unspecified atom stereocenters. The number of rotatable bonds is 7. The second-order valence-corrected chi connectivity index (χ2v) is 7.95. The predicted molar refractivity (Wildman–Crippen MR) is 113 cm³/mol. The number of nitrogens with zero attached hydrogens (tertiary/aromatic N) is 1. The molecular weight excluding hydrogens is 386 g/mol. The molecule has 0 N–H and O–H groups in total. The first kappa shape index (κ1) is 20.6. The average molecular weight is 410 g/mol. The van der Waals surface area contributed by atoms with Crippen molar-refractivity contribution in [1.82, 2.24) is 4.90 Å². The van der Waals surface area contributed by atoms with Crippen molar-refractivity contribution in [3.63, 3.8) is 0 Å². The second-order valence-electron chi connectivity index (χ2n) is 6.40. The van der Waals surface area contributed by atoms with Crippen LogP contribution in [-0.4, -0.2) is 32.3 Å². The Bertz CT molecular complexity index is 1070. The quantitative estimate of drug-likeness (QED) is 0.535. The minimum atomic E-state index is -4.04. The summed E-state index contributed by atoms with van der Waals surface area (Å²) in [4.78, 5) is 14.1. The third-order valence-electron chi connectivity index (χ3n) is 4.61. The Kier molecular flexibility index (Phi) is 6.34. The number of carbonyl (C=O) groups is 1. The summed E-state index contributed by atoms with van der Waals surface area (Å²) in [6.07, 6.45) is 0. The van der Waals surface area contributed by atoms with Gasteiger partial charge in [-0.1, -0.05) is 48.5 Å². The SMILES string of the molecule is CCN(CC)C(=O)c1ccc(S(=O)(=O)Oc2ccccc2-c2ccccc2)cc1. The highest BCUT2D eigenvalue weighted by molar-refractivity contribution is 7.87. The van der Waals surface area contributed by atoms with Crippen molar-refractivity contribution in [2.45, 2.75) is 18.7 Å². The molecule has 0 saturated heterocycles. The van der Waals surface area contributed by atoms with Gasteiger partial charge in [-0.25, -0.2) is 0 Å². The van der Waals surface area contributed by atoms with Crippen LogP contribution in [-0.2, 0) is 10.1 Å². The van der Waals surface area contributed by atoms with E-state index in [-0.39, 0.29) is 16.6 Å². The molecule has 0 radical (unpaired) electrons. The first-order chi connectivity index (χ1) is 14.0. The van der Waals surface area contributed by atoms with Crippen LogP contribution in [0.4, 0.5) is 0 Å². The molecule has 29 heavy (non-hydrogen) atoms. The highest BCUT2D eigenvalue weighted by atomic mass is 32.2. The zero-order valence-corrected chi connectivity index (χ0v) is 17.2.